The average Bonchev–Trinajstić information content (AvgIpc) is 2.44. The lowest BCUT2D eigenvalue weighted by Crippen LogP contribution is -2.33. The van der Waals surface area contributed by atoms with Gasteiger partial charge in [0.05, 0.1) is 12.7 Å². The van der Waals surface area contributed by atoms with Gasteiger partial charge in [-0.2, -0.15) is 0 Å². The van der Waals surface area contributed by atoms with Gasteiger partial charge in [0.2, 0.25) is 10.0 Å². The van der Waals surface area contributed by atoms with E-state index in [0.717, 1.165) is 6.42 Å². The Balaban J connectivity index is 3.11. The maximum atomic E-state index is 12.3. The lowest BCUT2D eigenvalue weighted by atomic mass is 9.91. The van der Waals surface area contributed by atoms with Crippen LogP contribution in [0.15, 0.2) is 23.1 Å². The molecule has 2 N–H and O–H groups in total. The molecule has 0 aliphatic carbocycles. The second-order valence-electron chi connectivity index (χ2n) is 5.51. The predicted molar refractivity (Wildman–Crippen MR) is 79.2 cm³/mol. The Morgan fingerprint density at radius 2 is 2.00 bits per heavy atom. The van der Waals surface area contributed by atoms with Crippen LogP contribution in [-0.2, 0) is 10.0 Å². The quantitative estimate of drug-likeness (QED) is 0.804. The Morgan fingerprint density at radius 1 is 1.38 bits per heavy atom. The van der Waals surface area contributed by atoms with Crippen molar-refractivity contribution in [3.05, 3.63) is 23.8 Å². The first-order valence-electron chi connectivity index (χ1n) is 6.54. The molecule has 0 aromatic heterocycles. The number of aromatic carboxylic acids is 1. The van der Waals surface area contributed by atoms with Gasteiger partial charge < -0.3 is 9.84 Å². The molecule has 0 spiro atoms. The smallest absolute Gasteiger partial charge is 0.335 e. The topological polar surface area (TPSA) is 92.7 Å². The molecular formula is C14H21NO5S. The summed E-state index contributed by atoms with van der Waals surface area (Å²) >= 11 is 0. The maximum absolute atomic E-state index is 12.3. The summed E-state index contributed by atoms with van der Waals surface area (Å²) in [5.74, 6) is -1.13. The average molecular weight is 315 g/mol. The SMILES string of the molecule is CCC(C)(C)CNS(=O)(=O)c1ccc(C(=O)O)cc1OC. The van der Waals surface area contributed by atoms with E-state index < -0.39 is 16.0 Å². The van der Waals surface area contributed by atoms with E-state index in [9.17, 15) is 13.2 Å². The number of hydrogen-bond acceptors (Lipinski definition) is 4. The first kappa shape index (κ1) is 17.5. The number of rotatable bonds is 7. The molecule has 0 radical (unpaired) electrons. The van der Waals surface area contributed by atoms with Crippen molar-refractivity contribution in [2.75, 3.05) is 13.7 Å². The van der Waals surface area contributed by atoms with Gasteiger partial charge in [-0.05, 0) is 30.0 Å². The summed E-state index contributed by atoms with van der Waals surface area (Å²) in [6.07, 6.45) is 0.824. The highest BCUT2D eigenvalue weighted by Gasteiger charge is 2.24. The maximum Gasteiger partial charge on any atom is 0.335 e. The van der Waals surface area contributed by atoms with Crippen molar-refractivity contribution in [2.24, 2.45) is 5.41 Å². The molecule has 1 rings (SSSR count). The van der Waals surface area contributed by atoms with Crippen LogP contribution in [-0.4, -0.2) is 33.1 Å². The van der Waals surface area contributed by atoms with Crippen LogP contribution in [0, 0.1) is 5.41 Å². The van der Waals surface area contributed by atoms with Gasteiger partial charge in [-0.15, -0.1) is 0 Å². The Hall–Kier alpha value is -1.60. The van der Waals surface area contributed by atoms with Gasteiger partial charge >= 0.3 is 5.97 Å². The second kappa shape index (κ2) is 6.44. The molecule has 0 atom stereocenters. The summed E-state index contributed by atoms with van der Waals surface area (Å²) in [6, 6.07) is 3.68. The first-order valence-corrected chi connectivity index (χ1v) is 8.02. The molecule has 0 heterocycles. The number of ether oxygens (including phenoxy) is 1. The third-order valence-electron chi connectivity index (χ3n) is 3.40. The van der Waals surface area contributed by atoms with Crippen LogP contribution in [0.4, 0.5) is 0 Å². The second-order valence-corrected chi connectivity index (χ2v) is 7.25. The molecule has 21 heavy (non-hydrogen) atoms. The van der Waals surface area contributed by atoms with E-state index in [1.54, 1.807) is 0 Å². The van der Waals surface area contributed by atoms with Gasteiger partial charge in [0.15, 0.2) is 0 Å². The molecule has 0 bridgehead atoms. The van der Waals surface area contributed by atoms with Gasteiger partial charge in [0.25, 0.3) is 0 Å². The minimum atomic E-state index is -3.76. The highest BCUT2D eigenvalue weighted by atomic mass is 32.2. The Labute approximate surface area is 125 Å². The standard InChI is InChI=1S/C14H21NO5S/c1-5-14(2,3)9-15-21(18,19)12-7-6-10(13(16)17)8-11(12)20-4/h6-8,15H,5,9H2,1-4H3,(H,16,17). The Kier molecular flexibility index (Phi) is 5.36. The summed E-state index contributed by atoms with van der Waals surface area (Å²) in [4.78, 5) is 10.8. The molecule has 0 aliphatic rings. The lowest BCUT2D eigenvalue weighted by Gasteiger charge is -2.23. The molecule has 0 amide bonds. The van der Waals surface area contributed by atoms with Crippen LogP contribution >= 0.6 is 0 Å². The van der Waals surface area contributed by atoms with Gasteiger partial charge in [0, 0.05) is 6.54 Å². The summed E-state index contributed by atoms with van der Waals surface area (Å²) in [6.45, 7) is 6.19. The van der Waals surface area contributed by atoms with Crippen LogP contribution in [0.3, 0.4) is 0 Å². The van der Waals surface area contributed by atoms with Crippen LogP contribution in [0.1, 0.15) is 37.6 Å². The summed E-state index contributed by atoms with van der Waals surface area (Å²) < 4.78 is 32.2. The number of hydrogen-bond donors (Lipinski definition) is 2. The summed E-state index contributed by atoms with van der Waals surface area (Å²) in [5, 5.41) is 8.92. The third-order valence-corrected chi connectivity index (χ3v) is 4.84. The highest BCUT2D eigenvalue weighted by molar-refractivity contribution is 7.89. The number of carboxylic acids is 1. The predicted octanol–water partition coefficient (Wildman–Crippen LogP) is 2.11. The zero-order chi connectivity index (χ0) is 16.3. The molecule has 0 unspecified atom stereocenters. The third kappa shape index (κ3) is 4.44. The fraction of sp³-hybridized carbons (Fsp3) is 0.500. The molecule has 0 saturated carbocycles. The molecule has 118 valence electrons. The van der Waals surface area contributed by atoms with E-state index in [4.69, 9.17) is 9.84 Å². The monoisotopic (exact) mass is 315 g/mol. The molecule has 7 heteroatoms. The zero-order valence-corrected chi connectivity index (χ0v) is 13.5. The summed E-state index contributed by atoms with van der Waals surface area (Å²) in [7, 11) is -2.46. The van der Waals surface area contributed by atoms with Gasteiger partial charge in [-0.3, -0.25) is 0 Å². The molecule has 0 fully saturated rings. The van der Waals surface area contributed by atoms with E-state index in [-0.39, 0.29) is 28.2 Å². The van der Waals surface area contributed by atoms with Gasteiger partial charge in [-0.25, -0.2) is 17.9 Å². The molecule has 0 saturated heterocycles. The van der Waals surface area contributed by atoms with Crippen molar-refractivity contribution in [2.45, 2.75) is 32.1 Å². The Morgan fingerprint density at radius 3 is 2.48 bits per heavy atom. The van der Waals surface area contributed by atoms with Crippen molar-refractivity contribution in [1.82, 2.24) is 4.72 Å². The number of carboxylic acid groups (broad SMARTS) is 1. The molecule has 1 aromatic rings. The first-order chi connectivity index (χ1) is 9.63. The van der Waals surface area contributed by atoms with Crippen molar-refractivity contribution in [3.8, 4) is 5.75 Å². The van der Waals surface area contributed by atoms with Gasteiger partial charge in [-0.1, -0.05) is 20.8 Å². The normalized spacial score (nSPS) is 12.2. The fourth-order valence-electron chi connectivity index (χ4n) is 1.52. The molecule has 0 aliphatic heterocycles. The van der Waals surface area contributed by atoms with Crippen molar-refractivity contribution in [3.63, 3.8) is 0 Å². The van der Waals surface area contributed by atoms with Crippen LogP contribution < -0.4 is 9.46 Å². The largest absolute Gasteiger partial charge is 0.495 e. The molecule has 6 nitrogen and oxygen atoms in total. The Bertz CT molecular complexity index is 622. The minimum absolute atomic E-state index is 0.0108. The van der Waals surface area contributed by atoms with Gasteiger partial charge in [0.1, 0.15) is 10.6 Å². The lowest BCUT2D eigenvalue weighted by molar-refractivity contribution is 0.0696. The highest BCUT2D eigenvalue weighted by Crippen LogP contribution is 2.26. The van der Waals surface area contributed by atoms with Crippen LogP contribution in [0.5, 0.6) is 5.75 Å². The van der Waals surface area contributed by atoms with Crippen molar-refractivity contribution < 1.29 is 23.1 Å². The van der Waals surface area contributed by atoms with E-state index in [1.165, 1.54) is 25.3 Å². The fourth-order valence-corrected chi connectivity index (χ4v) is 2.91. The zero-order valence-electron chi connectivity index (χ0n) is 12.6. The number of sulfonamides is 1. The summed E-state index contributed by atoms with van der Waals surface area (Å²) in [5.41, 5.74) is -0.193. The van der Waals surface area contributed by atoms with Crippen LogP contribution in [0.2, 0.25) is 0 Å². The minimum Gasteiger partial charge on any atom is -0.495 e. The molecule has 1 aromatic carbocycles. The van der Waals surface area contributed by atoms with Crippen molar-refractivity contribution in [1.29, 1.82) is 0 Å². The number of nitrogens with one attached hydrogen (secondary N) is 1. The van der Waals surface area contributed by atoms with Crippen LogP contribution in [0.25, 0.3) is 0 Å². The number of carbonyl (C=O) groups is 1. The number of methoxy groups -OCH3 is 1. The van der Waals surface area contributed by atoms with Crippen molar-refractivity contribution >= 4 is 16.0 Å². The van der Waals surface area contributed by atoms with E-state index in [1.807, 2.05) is 20.8 Å². The number of benzene rings is 1. The van der Waals surface area contributed by atoms with E-state index in [0.29, 0.717) is 0 Å². The molecular weight excluding hydrogens is 294 g/mol. The van der Waals surface area contributed by atoms with E-state index >= 15 is 0 Å². The van der Waals surface area contributed by atoms with E-state index in [2.05, 4.69) is 4.72 Å².